The molecule has 1 rings (SSSR count). The molecule has 0 aromatic carbocycles. The number of carbonyl (C=O) groups excluding carboxylic acids is 1. The molecule has 5 heteroatoms. The lowest BCUT2D eigenvalue weighted by molar-refractivity contribution is 0.0949. The quantitative estimate of drug-likeness (QED) is 0.839. The van der Waals surface area contributed by atoms with Crippen molar-refractivity contribution < 1.29 is 4.79 Å². The van der Waals surface area contributed by atoms with Crippen LogP contribution in [0.1, 0.15) is 24.2 Å². The van der Waals surface area contributed by atoms with E-state index in [-0.39, 0.29) is 11.9 Å². The number of carbonyl (C=O) groups is 1. The normalized spacial score (nSPS) is 12.6. The summed E-state index contributed by atoms with van der Waals surface area (Å²) in [5.74, 6) is 0.108. The summed E-state index contributed by atoms with van der Waals surface area (Å²) in [6, 6.07) is 1.53. The van der Waals surface area contributed by atoms with E-state index in [1.165, 1.54) is 12.4 Å². The van der Waals surface area contributed by atoms with E-state index >= 15 is 0 Å². The minimum atomic E-state index is -0.219. The van der Waals surface area contributed by atoms with Gasteiger partial charge in [-0.3, -0.25) is 9.78 Å². The number of hydrogen-bond acceptors (Lipinski definition) is 3. The molecule has 1 unspecified atom stereocenters. The summed E-state index contributed by atoms with van der Waals surface area (Å²) in [5.41, 5.74) is 6.24. The molecule has 0 bridgehead atoms. The van der Waals surface area contributed by atoms with Crippen molar-refractivity contribution in [1.29, 1.82) is 0 Å². The monoisotopic (exact) mass is 241 g/mol. The predicted molar refractivity (Wildman–Crippen MR) is 64.4 cm³/mol. The second-order valence-electron chi connectivity index (χ2n) is 3.97. The van der Waals surface area contributed by atoms with Crippen LogP contribution in [0, 0.1) is 5.92 Å². The molecule has 1 amide bonds. The molecule has 1 atom stereocenters. The molecule has 16 heavy (non-hydrogen) atoms. The first-order valence-corrected chi connectivity index (χ1v) is 5.53. The van der Waals surface area contributed by atoms with E-state index in [2.05, 4.69) is 10.3 Å². The van der Waals surface area contributed by atoms with Gasteiger partial charge in [-0.25, -0.2) is 0 Å². The van der Waals surface area contributed by atoms with Gasteiger partial charge in [-0.2, -0.15) is 0 Å². The molecule has 0 spiro atoms. The molecule has 0 fully saturated rings. The molecule has 3 N–H and O–H groups in total. The zero-order valence-electron chi connectivity index (χ0n) is 9.40. The van der Waals surface area contributed by atoms with Crippen molar-refractivity contribution in [3.05, 3.63) is 29.0 Å². The molecule has 0 aliphatic heterocycles. The third kappa shape index (κ3) is 3.47. The Labute approximate surface area is 100 Å². The van der Waals surface area contributed by atoms with Gasteiger partial charge < -0.3 is 11.1 Å². The number of nitrogens with zero attached hydrogens (tertiary/aromatic N) is 1. The van der Waals surface area contributed by atoms with E-state index in [0.29, 0.717) is 23.0 Å². The second-order valence-corrected chi connectivity index (χ2v) is 4.38. The van der Waals surface area contributed by atoms with Gasteiger partial charge in [0, 0.05) is 25.0 Å². The van der Waals surface area contributed by atoms with Crippen molar-refractivity contribution in [1.82, 2.24) is 10.3 Å². The van der Waals surface area contributed by atoms with Crippen LogP contribution in [0.15, 0.2) is 18.5 Å². The average Bonchev–Trinajstić information content (AvgIpc) is 2.25. The first-order valence-electron chi connectivity index (χ1n) is 5.15. The van der Waals surface area contributed by atoms with Gasteiger partial charge in [0.1, 0.15) is 0 Å². The van der Waals surface area contributed by atoms with Crippen LogP contribution < -0.4 is 11.1 Å². The summed E-state index contributed by atoms with van der Waals surface area (Å²) in [6.45, 7) is 4.46. The molecule has 1 heterocycles. The largest absolute Gasteiger partial charge is 0.350 e. The van der Waals surface area contributed by atoms with Crippen molar-refractivity contribution in [3.63, 3.8) is 0 Å². The van der Waals surface area contributed by atoms with E-state index in [9.17, 15) is 4.79 Å². The summed E-state index contributed by atoms with van der Waals surface area (Å²) in [5, 5.41) is 3.09. The molecule has 1 aromatic rings. The van der Waals surface area contributed by atoms with Crippen LogP contribution in [-0.2, 0) is 0 Å². The summed E-state index contributed by atoms with van der Waals surface area (Å²) >= 11 is 5.84. The molecular weight excluding hydrogens is 226 g/mol. The third-order valence-corrected chi connectivity index (χ3v) is 2.67. The summed E-state index contributed by atoms with van der Waals surface area (Å²) < 4.78 is 0. The predicted octanol–water partition coefficient (Wildman–Crippen LogP) is 1.45. The SMILES string of the molecule is CC(C)C(N)CNC(=O)c1ccncc1Cl. The number of hydrogen-bond donors (Lipinski definition) is 2. The number of nitrogens with two attached hydrogens (primary N) is 1. The van der Waals surface area contributed by atoms with Crippen LogP contribution in [0.25, 0.3) is 0 Å². The Bertz CT molecular complexity index is 368. The van der Waals surface area contributed by atoms with Gasteiger partial charge in [-0.15, -0.1) is 0 Å². The summed E-state index contributed by atoms with van der Waals surface area (Å²) in [6.07, 6.45) is 2.97. The number of aromatic nitrogens is 1. The maximum Gasteiger partial charge on any atom is 0.252 e. The zero-order chi connectivity index (χ0) is 12.1. The highest BCUT2D eigenvalue weighted by Crippen LogP contribution is 2.12. The molecule has 0 radical (unpaired) electrons. The Morgan fingerprint density at radius 1 is 1.62 bits per heavy atom. The minimum absolute atomic E-state index is 0.0513. The standard InChI is InChI=1S/C11H16ClN3O/c1-7(2)10(13)6-15-11(16)8-3-4-14-5-9(8)12/h3-5,7,10H,6,13H2,1-2H3,(H,15,16). The molecule has 4 nitrogen and oxygen atoms in total. The van der Waals surface area contributed by atoms with Crippen LogP contribution in [0.3, 0.4) is 0 Å². The van der Waals surface area contributed by atoms with Crippen molar-refractivity contribution >= 4 is 17.5 Å². The smallest absolute Gasteiger partial charge is 0.252 e. The second kappa shape index (κ2) is 5.82. The molecule has 0 aliphatic rings. The van der Waals surface area contributed by atoms with E-state index in [1.54, 1.807) is 6.07 Å². The number of pyridine rings is 1. The summed E-state index contributed by atoms with van der Waals surface area (Å²) in [4.78, 5) is 15.5. The average molecular weight is 242 g/mol. The number of amides is 1. The number of halogens is 1. The molecule has 0 saturated heterocycles. The van der Waals surface area contributed by atoms with Gasteiger partial charge in [0.05, 0.1) is 10.6 Å². The third-order valence-electron chi connectivity index (χ3n) is 2.37. The Morgan fingerprint density at radius 3 is 2.88 bits per heavy atom. The Morgan fingerprint density at radius 2 is 2.31 bits per heavy atom. The maximum absolute atomic E-state index is 11.7. The van der Waals surface area contributed by atoms with E-state index in [1.807, 2.05) is 13.8 Å². The molecule has 88 valence electrons. The van der Waals surface area contributed by atoms with Gasteiger partial charge in [0.15, 0.2) is 0 Å². The highest BCUT2D eigenvalue weighted by Gasteiger charge is 2.12. The number of nitrogens with one attached hydrogen (secondary N) is 1. The fourth-order valence-corrected chi connectivity index (χ4v) is 1.31. The van der Waals surface area contributed by atoms with Crippen LogP contribution in [0.2, 0.25) is 5.02 Å². The fraction of sp³-hybridized carbons (Fsp3) is 0.455. The van der Waals surface area contributed by atoms with E-state index < -0.39 is 0 Å². The van der Waals surface area contributed by atoms with Gasteiger partial charge in [-0.05, 0) is 12.0 Å². The van der Waals surface area contributed by atoms with Crippen LogP contribution in [-0.4, -0.2) is 23.5 Å². The Hall–Kier alpha value is -1.13. The Balaban J connectivity index is 2.57. The molecule has 0 saturated carbocycles. The van der Waals surface area contributed by atoms with Crippen LogP contribution in [0.5, 0.6) is 0 Å². The van der Waals surface area contributed by atoms with Crippen LogP contribution >= 0.6 is 11.6 Å². The van der Waals surface area contributed by atoms with Crippen molar-refractivity contribution in [2.45, 2.75) is 19.9 Å². The van der Waals surface area contributed by atoms with Gasteiger partial charge >= 0.3 is 0 Å². The van der Waals surface area contributed by atoms with Crippen molar-refractivity contribution in [2.24, 2.45) is 11.7 Å². The van der Waals surface area contributed by atoms with Gasteiger partial charge in [0.2, 0.25) is 0 Å². The summed E-state index contributed by atoms with van der Waals surface area (Å²) in [7, 11) is 0. The maximum atomic E-state index is 11.7. The van der Waals surface area contributed by atoms with Crippen molar-refractivity contribution in [2.75, 3.05) is 6.54 Å². The Kier molecular flexibility index (Phi) is 4.71. The van der Waals surface area contributed by atoms with Gasteiger partial charge in [0.25, 0.3) is 5.91 Å². The zero-order valence-corrected chi connectivity index (χ0v) is 10.2. The highest BCUT2D eigenvalue weighted by molar-refractivity contribution is 6.33. The lowest BCUT2D eigenvalue weighted by atomic mass is 10.1. The molecule has 1 aromatic heterocycles. The topological polar surface area (TPSA) is 68.0 Å². The number of rotatable bonds is 4. The minimum Gasteiger partial charge on any atom is -0.350 e. The first-order chi connectivity index (χ1) is 7.52. The van der Waals surface area contributed by atoms with Gasteiger partial charge in [-0.1, -0.05) is 25.4 Å². The highest BCUT2D eigenvalue weighted by atomic mass is 35.5. The van der Waals surface area contributed by atoms with E-state index in [0.717, 1.165) is 0 Å². The van der Waals surface area contributed by atoms with E-state index in [4.69, 9.17) is 17.3 Å². The van der Waals surface area contributed by atoms with Crippen molar-refractivity contribution in [3.8, 4) is 0 Å². The molecule has 0 aliphatic carbocycles. The lowest BCUT2D eigenvalue weighted by Crippen LogP contribution is -2.40. The van der Waals surface area contributed by atoms with Crippen LogP contribution in [0.4, 0.5) is 0 Å². The molecular formula is C11H16ClN3O. The fourth-order valence-electron chi connectivity index (χ4n) is 1.10. The lowest BCUT2D eigenvalue weighted by Gasteiger charge is -2.16. The first kappa shape index (κ1) is 12.9.